The van der Waals surface area contributed by atoms with Gasteiger partial charge in [-0.1, -0.05) is 0 Å². The molecule has 15 heavy (non-hydrogen) atoms. The van der Waals surface area contributed by atoms with E-state index < -0.39 is 5.97 Å². The van der Waals surface area contributed by atoms with Crippen LogP contribution in [0.2, 0.25) is 0 Å². The van der Waals surface area contributed by atoms with Gasteiger partial charge < -0.3 is 20.9 Å². The summed E-state index contributed by atoms with van der Waals surface area (Å²) in [5.74, 6) is -0.700. The van der Waals surface area contributed by atoms with Crippen molar-refractivity contribution in [2.75, 3.05) is 25.9 Å². The van der Waals surface area contributed by atoms with Gasteiger partial charge in [-0.15, -0.1) is 0 Å². The maximum atomic E-state index is 10.9. The van der Waals surface area contributed by atoms with Crippen molar-refractivity contribution in [3.63, 3.8) is 0 Å². The van der Waals surface area contributed by atoms with Crippen molar-refractivity contribution in [3.05, 3.63) is 23.8 Å². The highest BCUT2D eigenvalue weighted by Crippen LogP contribution is 2.21. The third-order valence-electron chi connectivity index (χ3n) is 1.84. The molecule has 0 aliphatic heterocycles. The number of hydrogen-bond acceptors (Lipinski definition) is 4. The Morgan fingerprint density at radius 2 is 2.33 bits per heavy atom. The number of ether oxygens (including phenoxy) is 1. The summed E-state index contributed by atoms with van der Waals surface area (Å²) in [5.41, 5.74) is 5.99. The van der Waals surface area contributed by atoms with Gasteiger partial charge in [0.05, 0.1) is 0 Å². The van der Waals surface area contributed by atoms with Gasteiger partial charge >= 0.3 is 5.97 Å². The molecule has 4 N–H and O–H groups in total. The van der Waals surface area contributed by atoms with Gasteiger partial charge in [0.1, 0.15) is 17.9 Å². The van der Waals surface area contributed by atoms with Crippen molar-refractivity contribution in [1.82, 2.24) is 5.32 Å². The number of carboxylic acid groups (broad SMARTS) is 1. The van der Waals surface area contributed by atoms with Gasteiger partial charge in [-0.3, -0.25) is 0 Å². The zero-order valence-electron chi connectivity index (χ0n) is 8.49. The Hall–Kier alpha value is -1.75. The first-order valence-corrected chi connectivity index (χ1v) is 4.55. The van der Waals surface area contributed by atoms with E-state index in [-0.39, 0.29) is 5.56 Å². The molecule has 0 radical (unpaired) electrons. The first kappa shape index (κ1) is 11.3. The monoisotopic (exact) mass is 210 g/mol. The summed E-state index contributed by atoms with van der Waals surface area (Å²) >= 11 is 0. The number of carboxylic acids is 1. The van der Waals surface area contributed by atoms with Crippen molar-refractivity contribution in [3.8, 4) is 5.75 Å². The highest BCUT2D eigenvalue weighted by molar-refractivity contribution is 5.92. The van der Waals surface area contributed by atoms with Crippen LogP contribution in [0.3, 0.4) is 0 Å². The number of benzene rings is 1. The molecule has 1 rings (SSSR count). The number of aromatic carboxylic acids is 1. The molecule has 1 aromatic carbocycles. The van der Waals surface area contributed by atoms with Crippen LogP contribution in [0.5, 0.6) is 5.75 Å². The zero-order valence-corrected chi connectivity index (χ0v) is 8.49. The Morgan fingerprint density at radius 3 is 2.93 bits per heavy atom. The molecular weight excluding hydrogens is 196 g/mol. The van der Waals surface area contributed by atoms with Gasteiger partial charge in [0, 0.05) is 12.2 Å². The summed E-state index contributed by atoms with van der Waals surface area (Å²) in [4.78, 5) is 10.9. The molecule has 0 saturated heterocycles. The standard InChI is InChI=1S/C10H14N2O3/c1-12-4-5-15-9-3-2-7(11)6-8(9)10(13)14/h2-3,6,12H,4-5,11H2,1H3,(H,13,14). The minimum absolute atomic E-state index is 0.0890. The molecule has 1 aromatic rings. The molecule has 0 saturated carbocycles. The Morgan fingerprint density at radius 1 is 1.60 bits per heavy atom. The highest BCUT2D eigenvalue weighted by atomic mass is 16.5. The Kier molecular flexibility index (Phi) is 3.93. The topological polar surface area (TPSA) is 84.6 Å². The van der Waals surface area contributed by atoms with Gasteiger partial charge in [0.25, 0.3) is 0 Å². The van der Waals surface area contributed by atoms with E-state index in [1.165, 1.54) is 6.07 Å². The average Bonchev–Trinajstić information content (AvgIpc) is 2.20. The normalized spacial score (nSPS) is 9.93. The van der Waals surface area contributed by atoms with Crippen LogP contribution in [0.25, 0.3) is 0 Å². The second kappa shape index (κ2) is 5.21. The Balaban J connectivity index is 2.81. The largest absolute Gasteiger partial charge is 0.491 e. The molecule has 0 fully saturated rings. The minimum Gasteiger partial charge on any atom is -0.491 e. The lowest BCUT2D eigenvalue weighted by Gasteiger charge is -2.09. The Labute approximate surface area is 87.9 Å². The van der Waals surface area contributed by atoms with Crippen molar-refractivity contribution in [2.45, 2.75) is 0 Å². The van der Waals surface area contributed by atoms with Gasteiger partial charge in [0.15, 0.2) is 0 Å². The molecule has 0 unspecified atom stereocenters. The summed E-state index contributed by atoms with van der Waals surface area (Å²) in [5, 5.41) is 11.8. The van der Waals surface area contributed by atoms with E-state index in [1.54, 1.807) is 19.2 Å². The second-order valence-corrected chi connectivity index (χ2v) is 3.01. The van der Waals surface area contributed by atoms with Crippen LogP contribution in [-0.2, 0) is 0 Å². The number of rotatable bonds is 5. The summed E-state index contributed by atoms with van der Waals surface area (Å²) in [6.45, 7) is 1.07. The maximum Gasteiger partial charge on any atom is 0.339 e. The first-order chi connectivity index (χ1) is 7.15. The van der Waals surface area contributed by atoms with Gasteiger partial charge in [-0.25, -0.2) is 4.79 Å². The number of nitrogen functional groups attached to an aromatic ring is 1. The first-order valence-electron chi connectivity index (χ1n) is 4.55. The Bertz CT molecular complexity index is 353. The number of hydrogen-bond donors (Lipinski definition) is 3. The van der Waals surface area contributed by atoms with E-state index in [0.29, 0.717) is 24.6 Å². The highest BCUT2D eigenvalue weighted by Gasteiger charge is 2.11. The molecule has 0 heterocycles. The van der Waals surface area contributed by atoms with Crippen molar-refractivity contribution in [2.24, 2.45) is 0 Å². The second-order valence-electron chi connectivity index (χ2n) is 3.01. The lowest BCUT2D eigenvalue weighted by atomic mass is 10.2. The fraction of sp³-hybridized carbons (Fsp3) is 0.300. The zero-order chi connectivity index (χ0) is 11.3. The smallest absolute Gasteiger partial charge is 0.339 e. The summed E-state index contributed by atoms with van der Waals surface area (Å²) in [6.07, 6.45) is 0. The molecule has 82 valence electrons. The number of carbonyl (C=O) groups is 1. The fourth-order valence-electron chi connectivity index (χ4n) is 1.10. The average molecular weight is 210 g/mol. The third-order valence-corrected chi connectivity index (χ3v) is 1.84. The van der Waals surface area contributed by atoms with E-state index in [4.69, 9.17) is 15.6 Å². The molecule has 5 heteroatoms. The van der Waals surface area contributed by atoms with Crippen LogP contribution >= 0.6 is 0 Å². The number of nitrogens with two attached hydrogens (primary N) is 1. The lowest BCUT2D eigenvalue weighted by Crippen LogP contribution is -2.17. The lowest BCUT2D eigenvalue weighted by molar-refractivity contribution is 0.0692. The SMILES string of the molecule is CNCCOc1ccc(N)cc1C(=O)O. The van der Waals surface area contributed by atoms with Crippen LogP contribution in [0.4, 0.5) is 5.69 Å². The number of anilines is 1. The molecule has 0 atom stereocenters. The van der Waals surface area contributed by atoms with Crippen LogP contribution in [-0.4, -0.2) is 31.3 Å². The van der Waals surface area contributed by atoms with E-state index in [9.17, 15) is 4.79 Å². The third kappa shape index (κ3) is 3.14. The van der Waals surface area contributed by atoms with Crippen LogP contribution in [0, 0.1) is 0 Å². The van der Waals surface area contributed by atoms with Crippen LogP contribution < -0.4 is 15.8 Å². The maximum absolute atomic E-state index is 10.9. The van der Waals surface area contributed by atoms with E-state index >= 15 is 0 Å². The molecule has 0 aromatic heterocycles. The molecule has 5 nitrogen and oxygen atoms in total. The molecular formula is C10H14N2O3. The summed E-state index contributed by atoms with van der Waals surface area (Å²) in [6, 6.07) is 4.56. The molecule has 0 amide bonds. The van der Waals surface area contributed by atoms with Crippen molar-refractivity contribution < 1.29 is 14.6 Å². The number of likely N-dealkylation sites (N-methyl/N-ethyl adjacent to an activating group) is 1. The quantitative estimate of drug-likeness (QED) is 0.488. The van der Waals surface area contributed by atoms with Crippen molar-refractivity contribution >= 4 is 11.7 Å². The molecule has 0 spiro atoms. The van der Waals surface area contributed by atoms with Crippen LogP contribution in [0.1, 0.15) is 10.4 Å². The van der Waals surface area contributed by atoms with Gasteiger partial charge in [0.2, 0.25) is 0 Å². The molecule has 0 aliphatic carbocycles. The summed E-state index contributed by atoms with van der Waals surface area (Å²) in [7, 11) is 1.80. The summed E-state index contributed by atoms with van der Waals surface area (Å²) < 4.78 is 5.29. The predicted molar refractivity (Wildman–Crippen MR) is 57.2 cm³/mol. The van der Waals surface area contributed by atoms with E-state index in [2.05, 4.69) is 5.32 Å². The number of nitrogens with one attached hydrogen (secondary N) is 1. The molecule has 0 bridgehead atoms. The fourth-order valence-corrected chi connectivity index (χ4v) is 1.10. The van der Waals surface area contributed by atoms with Gasteiger partial charge in [-0.2, -0.15) is 0 Å². The van der Waals surface area contributed by atoms with Crippen molar-refractivity contribution in [1.29, 1.82) is 0 Å². The molecule has 0 aliphatic rings. The van der Waals surface area contributed by atoms with E-state index in [0.717, 1.165) is 0 Å². The van der Waals surface area contributed by atoms with E-state index in [1.807, 2.05) is 0 Å². The minimum atomic E-state index is -1.04. The predicted octanol–water partition coefficient (Wildman–Crippen LogP) is 0.565. The van der Waals surface area contributed by atoms with Crippen LogP contribution in [0.15, 0.2) is 18.2 Å². The van der Waals surface area contributed by atoms with Gasteiger partial charge in [-0.05, 0) is 25.2 Å².